The Balaban J connectivity index is 2.17. The molecule has 1 heterocycles. The van der Waals surface area contributed by atoms with Crippen molar-refractivity contribution in [2.75, 3.05) is 27.3 Å². The molecule has 0 aromatic heterocycles. The van der Waals surface area contributed by atoms with Crippen LogP contribution in [0.4, 0.5) is 0 Å². The average Bonchev–Trinajstić information content (AvgIpc) is 2.47. The molecule has 110 valence electrons. The third kappa shape index (κ3) is 3.22. The number of hydrogen-bond donors (Lipinski definition) is 3. The van der Waals surface area contributed by atoms with Gasteiger partial charge < -0.3 is 25.5 Å². The maximum absolute atomic E-state index is 8.13. The topological polar surface area (TPSA) is 66.4 Å². The van der Waals surface area contributed by atoms with Crippen LogP contribution >= 0.6 is 0 Å². The third-order valence-corrected chi connectivity index (χ3v) is 3.69. The van der Waals surface area contributed by atoms with Gasteiger partial charge in [0, 0.05) is 23.4 Å². The molecule has 3 N–H and O–H groups in total. The molecule has 5 heteroatoms. The molecule has 1 saturated heterocycles. The lowest BCUT2D eigenvalue weighted by atomic mass is 10.00. The Kier molecular flexibility index (Phi) is 4.84. The van der Waals surface area contributed by atoms with Crippen molar-refractivity contribution in [3.63, 3.8) is 0 Å². The summed E-state index contributed by atoms with van der Waals surface area (Å²) in [7, 11) is 3.20. The van der Waals surface area contributed by atoms with E-state index in [9.17, 15) is 0 Å². The summed E-state index contributed by atoms with van der Waals surface area (Å²) in [5.74, 6) is 1.25. The predicted octanol–water partition coefficient (Wildman–Crippen LogP) is 1.70. The van der Waals surface area contributed by atoms with Gasteiger partial charge in [-0.1, -0.05) is 0 Å². The summed E-state index contributed by atoms with van der Waals surface area (Å²) in [6, 6.07) is 0.476. The quantitative estimate of drug-likeness (QED) is 0.731. The van der Waals surface area contributed by atoms with Crippen molar-refractivity contribution in [1.29, 1.82) is 5.41 Å². The number of hydrogen-bond acceptors (Lipinski definition) is 5. The molecule has 0 atom stereocenters. The van der Waals surface area contributed by atoms with Gasteiger partial charge in [0.15, 0.2) is 11.5 Å². The van der Waals surface area contributed by atoms with Crippen molar-refractivity contribution in [3.8, 4) is 0 Å². The Morgan fingerprint density at radius 2 is 1.80 bits per heavy atom. The van der Waals surface area contributed by atoms with Gasteiger partial charge in [-0.2, -0.15) is 0 Å². The van der Waals surface area contributed by atoms with Crippen LogP contribution in [-0.2, 0) is 9.47 Å². The average molecular weight is 277 g/mol. The molecule has 2 aliphatic rings. The maximum Gasteiger partial charge on any atom is 0.162 e. The van der Waals surface area contributed by atoms with E-state index >= 15 is 0 Å². The Morgan fingerprint density at radius 3 is 2.40 bits per heavy atom. The largest absolute Gasteiger partial charge is 0.493 e. The van der Waals surface area contributed by atoms with E-state index in [4.69, 9.17) is 14.9 Å². The van der Waals surface area contributed by atoms with Crippen molar-refractivity contribution in [3.05, 3.63) is 34.9 Å². The predicted molar refractivity (Wildman–Crippen MR) is 79.6 cm³/mol. The van der Waals surface area contributed by atoms with Crippen LogP contribution in [-0.4, -0.2) is 39.1 Å². The van der Waals surface area contributed by atoms with Crippen molar-refractivity contribution in [2.24, 2.45) is 0 Å². The molecule has 0 unspecified atom stereocenters. The molecule has 2 rings (SSSR count). The first-order chi connectivity index (χ1) is 9.65. The Hall–Kier alpha value is -1.75. The molecule has 0 spiro atoms. The van der Waals surface area contributed by atoms with Crippen LogP contribution < -0.4 is 10.6 Å². The lowest BCUT2D eigenvalue weighted by molar-refractivity contribution is 0.220. The number of rotatable bonds is 4. The minimum atomic E-state index is 0.446. The number of allylic oxidation sites excluding steroid dienone is 4. The Morgan fingerprint density at radius 1 is 1.20 bits per heavy atom. The molecule has 20 heavy (non-hydrogen) atoms. The van der Waals surface area contributed by atoms with E-state index in [-0.39, 0.29) is 0 Å². The zero-order chi connectivity index (χ0) is 14.5. The van der Waals surface area contributed by atoms with Crippen LogP contribution in [0, 0.1) is 5.41 Å². The number of piperidine rings is 1. The summed E-state index contributed by atoms with van der Waals surface area (Å²) in [5.41, 5.74) is 2.32. The summed E-state index contributed by atoms with van der Waals surface area (Å²) in [6.07, 6.45) is 5.78. The first-order valence-corrected chi connectivity index (χ1v) is 6.94. The standard InChI is InChI=1S/C15H23N3O2/c1-10(18-11-4-6-17-7-5-11)12-8-14(19-2)15(20-3)9-13(12)16/h8-9,11,16-18H,4-7H2,1-3H3/b12-10+,16-13?. The second kappa shape index (κ2) is 6.61. The summed E-state index contributed by atoms with van der Waals surface area (Å²) >= 11 is 0. The van der Waals surface area contributed by atoms with Gasteiger partial charge >= 0.3 is 0 Å². The zero-order valence-electron chi connectivity index (χ0n) is 12.4. The fraction of sp³-hybridized carbons (Fsp3) is 0.533. The molecule has 1 fully saturated rings. The van der Waals surface area contributed by atoms with Gasteiger partial charge in [-0.05, 0) is 38.9 Å². The summed E-state index contributed by atoms with van der Waals surface area (Å²) in [5, 5.41) is 15.0. The SMILES string of the molecule is COC1=CC(=N)/C(=C(\C)NC2CCNCC2)C=C1OC. The molecule has 0 amide bonds. The molecular formula is C15H23N3O2. The van der Waals surface area contributed by atoms with Gasteiger partial charge in [-0.15, -0.1) is 0 Å². The lowest BCUT2D eigenvalue weighted by Crippen LogP contribution is -2.39. The molecule has 0 aromatic carbocycles. The van der Waals surface area contributed by atoms with Crippen molar-refractivity contribution in [2.45, 2.75) is 25.8 Å². The van der Waals surface area contributed by atoms with Crippen LogP contribution in [0.25, 0.3) is 0 Å². The van der Waals surface area contributed by atoms with Crippen molar-refractivity contribution in [1.82, 2.24) is 10.6 Å². The van der Waals surface area contributed by atoms with E-state index in [0.29, 0.717) is 23.3 Å². The van der Waals surface area contributed by atoms with Gasteiger partial charge in [0.2, 0.25) is 0 Å². The molecule has 1 aliphatic heterocycles. The highest BCUT2D eigenvalue weighted by Gasteiger charge is 2.20. The molecule has 0 aromatic rings. The van der Waals surface area contributed by atoms with E-state index in [1.54, 1.807) is 20.3 Å². The summed E-state index contributed by atoms with van der Waals surface area (Å²) < 4.78 is 10.5. The second-order valence-electron chi connectivity index (χ2n) is 5.05. The van der Waals surface area contributed by atoms with Crippen LogP contribution in [0.15, 0.2) is 34.9 Å². The minimum absolute atomic E-state index is 0.446. The van der Waals surface area contributed by atoms with E-state index in [1.165, 1.54) is 0 Å². The van der Waals surface area contributed by atoms with Gasteiger partial charge in [0.05, 0.1) is 19.9 Å². The second-order valence-corrected chi connectivity index (χ2v) is 5.05. The van der Waals surface area contributed by atoms with Crippen LogP contribution in [0.5, 0.6) is 0 Å². The first-order valence-electron chi connectivity index (χ1n) is 6.94. The van der Waals surface area contributed by atoms with Crippen molar-refractivity contribution < 1.29 is 9.47 Å². The number of nitrogens with one attached hydrogen (secondary N) is 3. The highest BCUT2D eigenvalue weighted by atomic mass is 16.5. The first kappa shape index (κ1) is 14.7. The fourth-order valence-electron chi connectivity index (χ4n) is 2.54. The highest BCUT2D eigenvalue weighted by molar-refractivity contribution is 6.10. The summed E-state index contributed by atoms with van der Waals surface area (Å²) in [6.45, 7) is 4.11. The molecule has 5 nitrogen and oxygen atoms in total. The van der Waals surface area contributed by atoms with E-state index in [0.717, 1.165) is 37.2 Å². The molecule has 0 bridgehead atoms. The number of methoxy groups -OCH3 is 2. The Labute approximate surface area is 120 Å². The van der Waals surface area contributed by atoms with Gasteiger partial charge in [-0.25, -0.2) is 0 Å². The van der Waals surface area contributed by atoms with Gasteiger partial charge in [0.25, 0.3) is 0 Å². The number of ether oxygens (including phenoxy) is 2. The van der Waals surface area contributed by atoms with E-state index < -0.39 is 0 Å². The smallest absolute Gasteiger partial charge is 0.162 e. The maximum atomic E-state index is 8.13. The lowest BCUT2D eigenvalue weighted by Gasteiger charge is -2.26. The molecule has 0 radical (unpaired) electrons. The van der Waals surface area contributed by atoms with E-state index in [2.05, 4.69) is 10.6 Å². The van der Waals surface area contributed by atoms with Crippen molar-refractivity contribution >= 4 is 5.71 Å². The third-order valence-electron chi connectivity index (χ3n) is 3.69. The molecule has 1 aliphatic carbocycles. The van der Waals surface area contributed by atoms with Crippen LogP contribution in [0.3, 0.4) is 0 Å². The normalized spacial score (nSPS) is 22.9. The van der Waals surface area contributed by atoms with Crippen LogP contribution in [0.1, 0.15) is 19.8 Å². The van der Waals surface area contributed by atoms with E-state index in [1.807, 2.05) is 13.0 Å². The minimum Gasteiger partial charge on any atom is -0.493 e. The summed E-state index contributed by atoms with van der Waals surface area (Å²) in [4.78, 5) is 0. The van der Waals surface area contributed by atoms with Crippen LogP contribution in [0.2, 0.25) is 0 Å². The molecular weight excluding hydrogens is 254 g/mol. The van der Waals surface area contributed by atoms with Gasteiger partial charge in [0.1, 0.15) is 0 Å². The molecule has 0 saturated carbocycles. The fourth-order valence-corrected chi connectivity index (χ4v) is 2.54. The highest BCUT2D eigenvalue weighted by Crippen LogP contribution is 2.23. The Bertz CT molecular complexity index is 472. The van der Waals surface area contributed by atoms with Gasteiger partial charge in [-0.3, -0.25) is 0 Å². The zero-order valence-corrected chi connectivity index (χ0v) is 12.4. The monoisotopic (exact) mass is 277 g/mol.